The monoisotopic (exact) mass is 325 g/mol. The zero-order chi connectivity index (χ0) is 14.6. The SMILES string of the molecule is CN(C)C(=O)CCOc1ccc(Cl)cc1S(=O)(=O)Cl. The summed E-state index contributed by atoms with van der Waals surface area (Å²) in [5, 5.41) is 0.232. The molecule has 0 saturated heterocycles. The third kappa shape index (κ3) is 4.89. The van der Waals surface area contributed by atoms with Gasteiger partial charge in [-0.3, -0.25) is 4.79 Å². The number of hydrogen-bond acceptors (Lipinski definition) is 4. The highest BCUT2D eigenvalue weighted by Gasteiger charge is 2.18. The molecule has 0 bridgehead atoms. The van der Waals surface area contributed by atoms with Crippen LogP contribution in [-0.4, -0.2) is 39.9 Å². The Morgan fingerprint density at radius 2 is 2.00 bits per heavy atom. The van der Waals surface area contributed by atoms with Crippen LogP contribution in [0.3, 0.4) is 0 Å². The molecule has 0 fully saturated rings. The Hall–Kier alpha value is -0.980. The lowest BCUT2D eigenvalue weighted by atomic mass is 10.3. The van der Waals surface area contributed by atoms with Gasteiger partial charge in [0.1, 0.15) is 10.6 Å². The molecule has 0 aliphatic carbocycles. The molecule has 19 heavy (non-hydrogen) atoms. The summed E-state index contributed by atoms with van der Waals surface area (Å²) in [5.41, 5.74) is 0. The molecular weight excluding hydrogens is 313 g/mol. The summed E-state index contributed by atoms with van der Waals surface area (Å²) in [5.74, 6) is -0.0461. The summed E-state index contributed by atoms with van der Waals surface area (Å²) < 4.78 is 28.0. The molecule has 0 saturated carbocycles. The predicted molar refractivity (Wildman–Crippen MR) is 73.3 cm³/mol. The highest BCUT2D eigenvalue weighted by atomic mass is 35.7. The maximum absolute atomic E-state index is 11.4. The molecule has 1 amide bonds. The van der Waals surface area contributed by atoms with E-state index in [9.17, 15) is 13.2 Å². The number of halogens is 2. The minimum absolute atomic E-state index is 0.0536. The molecule has 0 aromatic heterocycles. The van der Waals surface area contributed by atoms with E-state index in [2.05, 4.69) is 0 Å². The highest BCUT2D eigenvalue weighted by molar-refractivity contribution is 8.13. The maximum atomic E-state index is 11.4. The van der Waals surface area contributed by atoms with Crippen molar-refractivity contribution in [3.8, 4) is 5.75 Å². The van der Waals surface area contributed by atoms with Crippen molar-refractivity contribution in [2.24, 2.45) is 0 Å². The number of hydrogen-bond donors (Lipinski definition) is 0. The quantitative estimate of drug-likeness (QED) is 0.778. The van der Waals surface area contributed by atoms with Gasteiger partial charge < -0.3 is 9.64 Å². The molecule has 5 nitrogen and oxygen atoms in total. The van der Waals surface area contributed by atoms with Crippen molar-refractivity contribution < 1.29 is 17.9 Å². The molecule has 0 heterocycles. The number of carbonyl (C=O) groups excluding carboxylic acids is 1. The van der Waals surface area contributed by atoms with E-state index in [1.807, 2.05) is 0 Å². The molecule has 0 aliphatic rings. The first kappa shape index (κ1) is 16.1. The van der Waals surface area contributed by atoms with Crippen LogP contribution < -0.4 is 4.74 Å². The first-order valence-corrected chi connectivity index (χ1v) is 7.97. The van der Waals surface area contributed by atoms with Gasteiger partial charge in [-0.15, -0.1) is 0 Å². The largest absolute Gasteiger partial charge is 0.492 e. The Morgan fingerprint density at radius 1 is 1.37 bits per heavy atom. The lowest BCUT2D eigenvalue weighted by molar-refractivity contribution is -0.129. The molecule has 1 aromatic rings. The summed E-state index contributed by atoms with van der Waals surface area (Å²) in [4.78, 5) is 12.6. The van der Waals surface area contributed by atoms with Crippen molar-refractivity contribution in [2.45, 2.75) is 11.3 Å². The van der Waals surface area contributed by atoms with E-state index in [1.165, 1.54) is 23.1 Å². The summed E-state index contributed by atoms with van der Waals surface area (Å²) in [6.45, 7) is 0.0536. The summed E-state index contributed by atoms with van der Waals surface area (Å²) in [7, 11) is 4.58. The number of nitrogens with zero attached hydrogens (tertiary/aromatic N) is 1. The van der Waals surface area contributed by atoms with Crippen molar-refractivity contribution >= 4 is 37.2 Å². The van der Waals surface area contributed by atoms with Gasteiger partial charge in [0.2, 0.25) is 5.91 Å². The maximum Gasteiger partial charge on any atom is 0.265 e. The van der Waals surface area contributed by atoms with Gasteiger partial charge >= 0.3 is 0 Å². The van der Waals surface area contributed by atoms with Gasteiger partial charge in [0.25, 0.3) is 9.05 Å². The molecule has 0 atom stereocenters. The lowest BCUT2D eigenvalue weighted by Crippen LogP contribution is -2.23. The number of ether oxygens (including phenoxy) is 1. The molecule has 106 valence electrons. The normalized spacial score (nSPS) is 11.2. The Kier molecular flexibility index (Phi) is 5.46. The van der Waals surface area contributed by atoms with Crippen LogP contribution in [-0.2, 0) is 13.8 Å². The summed E-state index contributed by atoms with van der Waals surface area (Å²) >= 11 is 5.71. The fourth-order valence-corrected chi connectivity index (χ4v) is 2.50. The number of carbonyl (C=O) groups is 1. The van der Waals surface area contributed by atoms with Gasteiger partial charge in [0, 0.05) is 29.8 Å². The molecule has 0 aliphatic heterocycles. The Bertz CT molecular complexity index is 572. The average molecular weight is 326 g/mol. The molecule has 0 radical (unpaired) electrons. The second-order valence-corrected chi connectivity index (χ2v) is 6.89. The van der Waals surface area contributed by atoms with Gasteiger partial charge in [-0.05, 0) is 18.2 Å². The van der Waals surface area contributed by atoms with Crippen molar-refractivity contribution in [3.05, 3.63) is 23.2 Å². The second kappa shape index (κ2) is 6.45. The van der Waals surface area contributed by atoms with Crippen LogP contribution in [0.5, 0.6) is 5.75 Å². The third-order valence-corrected chi connectivity index (χ3v) is 3.82. The molecule has 0 spiro atoms. The minimum atomic E-state index is -3.96. The van der Waals surface area contributed by atoms with Crippen LogP contribution in [0.4, 0.5) is 0 Å². The predicted octanol–water partition coefficient (Wildman–Crippen LogP) is 2.12. The van der Waals surface area contributed by atoms with Crippen LogP contribution in [0.1, 0.15) is 6.42 Å². The van der Waals surface area contributed by atoms with Crippen molar-refractivity contribution in [3.63, 3.8) is 0 Å². The average Bonchev–Trinajstić information content (AvgIpc) is 2.29. The first-order chi connectivity index (χ1) is 8.71. The fraction of sp³-hybridized carbons (Fsp3) is 0.364. The topological polar surface area (TPSA) is 63.7 Å². The molecule has 0 unspecified atom stereocenters. The van der Waals surface area contributed by atoms with Crippen LogP contribution in [0, 0.1) is 0 Å². The van der Waals surface area contributed by atoms with Crippen LogP contribution >= 0.6 is 22.3 Å². The minimum Gasteiger partial charge on any atom is -0.492 e. The van der Waals surface area contributed by atoms with E-state index >= 15 is 0 Å². The molecular formula is C11H13Cl2NO4S. The van der Waals surface area contributed by atoms with Gasteiger partial charge in [-0.1, -0.05) is 11.6 Å². The van der Waals surface area contributed by atoms with Crippen LogP contribution in [0.25, 0.3) is 0 Å². The van der Waals surface area contributed by atoms with E-state index < -0.39 is 9.05 Å². The zero-order valence-corrected chi connectivity index (χ0v) is 12.7. The van der Waals surface area contributed by atoms with Gasteiger partial charge in [0.05, 0.1) is 13.0 Å². The van der Waals surface area contributed by atoms with E-state index in [4.69, 9.17) is 27.0 Å². The van der Waals surface area contributed by atoms with Crippen molar-refractivity contribution in [1.82, 2.24) is 4.90 Å². The fourth-order valence-electron chi connectivity index (χ4n) is 1.26. The highest BCUT2D eigenvalue weighted by Crippen LogP contribution is 2.29. The molecule has 0 N–H and O–H groups in total. The summed E-state index contributed by atoms with van der Waals surface area (Å²) in [6, 6.07) is 4.08. The van der Waals surface area contributed by atoms with E-state index in [-0.39, 0.29) is 34.6 Å². The van der Waals surface area contributed by atoms with E-state index in [0.29, 0.717) is 0 Å². The number of rotatable bonds is 5. The Labute approximate surface area is 121 Å². The zero-order valence-electron chi connectivity index (χ0n) is 10.4. The number of amides is 1. The van der Waals surface area contributed by atoms with E-state index in [0.717, 1.165) is 0 Å². The van der Waals surface area contributed by atoms with Gasteiger partial charge in [-0.2, -0.15) is 0 Å². The molecule has 8 heteroatoms. The summed E-state index contributed by atoms with van der Waals surface area (Å²) in [6.07, 6.45) is 0.136. The third-order valence-electron chi connectivity index (χ3n) is 2.24. The van der Waals surface area contributed by atoms with Gasteiger partial charge in [0.15, 0.2) is 0 Å². The lowest BCUT2D eigenvalue weighted by Gasteiger charge is -2.12. The van der Waals surface area contributed by atoms with Crippen LogP contribution in [0.15, 0.2) is 23.1 Å². The van der Waals surface area contributed by atoms with Crippen molar-refractivity contribution in [1.29, 1.82) is 0 Å². The second-order valence-electron chi connectivity index (χ2n) is 3.92. The standard InChI is InChI=1S/C11H13Cl2NO4S/c1-14(2)11(15)5-6-18-9-4-3-8(12)7-10(9)19(13,16)17/h3-4,7H,5-6H2,1-2H3. The number of benzene rings is 1. The smallest absolute Gasteiger partial charge is 0.265 e. The first-order valence-electron chi connectivity index (χ1n) is 5.29. The van der Waals surface area contributed by atoms with Gasteiger partial charge in [-0.25, -0.2) is 8.42 Å². The van der Waals surface area contributed by atoms with Crippen LogP contribution in [0.2, 0.25) is 5.02 Å². The van der Waals surface area contributed by atoms with E-state index in [1.54, 1.807) is 14.1 Å². The Morgan fingerprint density at radius 3 is 2.53 bits per heavy atom. The Balaban J connectivity index is 2.82. The molecule has 1 rings (SSSR count). The molecule has 1 aromatic carbocycles. The van der Waals surface area contributed by atoms with Crippen molar-refractivity contribution in [2.75, 3.05) is 20.7 Å².